The van der Waals surface area contributed by atoms with Crippen LogP contribution in [-0.4, -0.2) is 16.9 Å². The number of fused-ring (bicyclic) bond motifs is 1. The molecule has 0 aliphatic heterocycles. The second-order valence-corrected chi connectivity index (χ2v) is 5.92. The van der Waals surface area contributed by atoms with Crippen LogP contribution < -0.4 is 5.32 Å². The van der Waals surface area contributed by atoms with E-state index < -0.39 is 0 Å². The SMILES string of the molecule is Cc1cc(C(=O)NC2CCC(C)C2)c2ccccc2n1. The van der Waals surface area contributed by atoms with Crippen molar-refractivity contribution in [1.29, 1.82) is 0 Å². The van der Waals surface area contributed by atoms with Crippen LogP contribution in [0.3, 0.4) is 0 Å². The summed E-state index contributed by atoms with van der Waals surface area (Å²) in [7, 11) is 0. The summed E-state index contributed by atoms with van der Waals surface area (Å²) in [6.07, 6.45) is 3.39. The Kier molecular flexibility index (Phi) is 3.43. The largest absolute Gasteiger partial charge is 0.349 e. The van der Waals surface area contributed by atoms with Crippen molar-refractivity contribution in [3.63, 3.8) is 0 Å². The van der Waals surface area contributed by atoms with E-state index in [9.17, 15) is 4.79 Å². The van der Waals surface area contributed by atoms with Crippen LogP contribution in [0.2, 0.25) is 0 Å². The molecule has 1 amide bonds. The maximum Gasteiger partial charge on any atom is 0.252 e. The third kappa shape index (κ3) is 2.53. The van der Waals surface area contributed by atoms with Crippen LogP contribution in [0.25, 0.3) is 10.9 Å². The molecule has 20 heavy (non-hydrogen) atoms. The number of aromatic nitrogens is 1. The molecule has 2 atom stereocenters. The summed E-state index contributed by atoms with van der Waals surface area (Å²) in [5.41, 5.74) is 2.51. The van der Waals surface area contributed by atoms with Crippen LogP contribution in [0.15, 0.2) is 30.3 Å². The highest BCUT2D eigenvalue weighted by Crippen LogP contribution is 2.25. The van der Waals surface area contributed by atoms with Crippen molar-refractivity contribution in [1.82, 2.24) is 10.3 Å². The fraction of sp³-hybridized carbons (Fsp3) is 0.412. The Hall–Kier alpha value is -1.90. The van der Waals surface area contributed by atoms with Crippen molar-refractivity contribution in [2.24, 2.45) is 5.92 Å². The minimum atomic E-state index is 0.0331. The van der Waals surface area contributed by atoms with Gasteiger partial charge in [-0.3, -0.25) is 9.78 Å². The van der Waals surface area contributed by atoms with Gasteiger partial charge in [0.1, 0.15) is 0 Å². The molecule has 1 aromatic carbocycles. The van der Waals surface area contributed by atoms with Crippen LogP contribution >= 0.6 is 0 Å². The van der Waals surface area contributed by atoms with Gasteiger partial charge in [0, 0.05) is 17.1 Å². The highest BCUT2D eigenvalue weighted by atomic mass is 16.1. The lowest BCUT2D eigenvalue weighted by Gasteiger charge is -2.14. The van der Waals surface area contributed by atoms with E-state index in [0.717, 1.165) is 40.9 Å². The number of nitrogens with one attached hydrogen (secondary N) is 1. The summed E-state index contributed by atoms with van der Waals surface area (Å²) >= 11 is 0. The molecule has 1 aliphatic rings. The number of hydrogen-bond donors (Lipinski definition) is 1. The van der Waals surface area contributed by atoms with E-state index in [1.54, 1.807) is 0 Å². The third-order valence-corrected chi connectivity index (χ3v) is 4.12. The standard InChI is InChI=1S/C17H20N2O/c1-11-7-8-13(9-11)19-17(20)15-10-12(2)18-16-6-4-3-5-14(15)16/h3-6,10-11,13H,7-9H2,1-2H3,(H,19,20). The monoisotopic (exact) mass is 268 g/mol. The average molecular weight is 268 g/mol. The average Bonchev–Trinajstić information content (AvgIpc) is 2.83. The number of hydrogen-bond acceptors (Lipinski definition) is 2. The van der Waals surface area contributed by atoms with Gasteiger partial charge in [-0.25, -0.2) is 0 Å². The number of aryl methyl sites for hydroxylation is 1. The fourth-order valence-corrected chi connectivity index (χ4v) is 3.10. The topological polar surface area (TPSA) is 42.0 Å². The molecule has 0 saturated heterocycles. The van der Waals surface area contributed by atoms with E-state index >= 15 is 0 Å². The van der Waals surface area contributed by atoms with Crippen LogP contribution in [0.5, 0.6) is 0 Å². The first-order valence-corrected chi connectivity index (χ1v) is 7.31. The summed E-state index contributed by atoms with van der Waals surface area (Å²) in [6, 6.07) is 10.0. The van der Waals surface area contributed by atoms with Gasteiger partial charge in [0.05, 0.1) is 11.1 Å². The van der Waals surface area contributed by atoms with Gasteiger partial charge in [-0.1, -0.05) is 25.1 Å². The lowest BCUT2D eigenvalue weighted by molar-refractivity contribution is 0.0939. The van der Waals surface area contributed by atoms with Crippen molar-refractivity contribution in [2.75, 3.05) is 0 Å². The summed E-state index contributed by atoms with van der Waals surface area (Å²) in [4.78, 5) is 17.0. The van der Waals surface area contributed by atoms with Crippen molar-refractivity contribution >= 4 is 16.8 Å². The van der Waals surface area contributed by atoms with E-state index in [1.807, 2.05) is 37.3 Å². The number of pyridine rings is 1. The predicted molar refractivity (Wildman–Crippen MR) is 80.7 cm³/mol. The van der Waals surface area contributed by atoms with Crippen molar-refractivity contribution in [3.8, 4) is 0 Å². The van der Waals surface area contributed by atoms with Crippen molar-refractivity contribution in [2.45, 2.75) is 39.2 Å². The Labute approximate surface area is 119 Å². The molecule has 1 heterocycles. The molecule has 3 rings (SSSR count). The normalized spacial score (nSPS) is 22.1. The lowest BCUT2D eigenvalue weighted by atomic mass is 10.1. The zero-order valence-corrected chi connectivity index (χ0v) is 12.0. The molecule has 3 nitrogen and oxygen atoms in total. The molecule has 1 N–H and O–H groups in total. The van der Waals surface area contributed by atoms with Gasteiger partial charge in [-0.15, -0.1) is 0 Å². The smallest absolute Gasteiger partial charge is 0.252 e. The predicted octanol–water partition coefficient (Wildman–Crippen LogP) is 3.46. The van der Waals surface area contributed by atoms with Crippen LogP contribution in [0, 0.1) is 12.8 Å². The maximum absolute atomic E-state index is 12.5. The molecular weight excluding hydrogens is 248 g/mol. The Morgan fingerprint density at radius 3 is 2.85 bits per heavy atom. The summed E-state index contributed by atoms with van der Waals surface area (Å²) in [5, 5.41) is 4.11. The number of para-hydroxylation sites is 1. The second kappa shape index (κ2) is 5.23. The zero-order chi connectivity index (χ0) is 14.1. The van der Waals surface area contributed by atoms with Gasteiger partial charge in [-0.2, -0.15) is 0 Å². The van der Waals surface area contributed by atoms with E-state index in [0.29, 0.717) is 6.04 Å². The number of carbonyl (C=O) groups is 1. The number of amides is 1. The molecule has 104 valence electrons. The molecule has 1 aromatic heterocycles. The van der Waals surface area contributed by atoms with Crippen LogP contribution in [0.1, 0.15) is 42.2 Å². The molecule has 0 radical (unpaired) electrons. The van der Waals surface area contributed by atoms with Gasteiger partial charge in [-0.05, 0) is 44.2 Å². The first-order valence-electron chi connectivity index (χ1n) is 7.31. The van der Waals surface area contributed by atoms with Crippen LogP contribution in [0.4, 0.5) is 0 Å². The molecule has 3 heteroatoms. The number of benzene rings is 1. The summed E-state index contributed by atoms with van der Waals surface area (Å²) in [5.74, 6) is 0.752. The molecule has 0 bridgehead atoms. The first-order chi connectivity index (χ1) is 9.63. The van der Waals surface area contributed by atoms with Crippen LogP contribution in [-0.2, 0) is 0 Å². The Morgan fingerprint density at radius 1 is 1.30 bits per heavy atom. The molecule has 1 saturated carbocycles. The van der Waals surface area contributed by atoms with E-state index in [2.05, 4.69) is 17.2 Å². The molecule has 1 fully saturated rings. The van der Waals surface area contributed by atoms with Gasteiger partial charge >= 0.3 is 0 Å². The van der Waals surface area contributed by atoms with Gasteiger partial charge < -0.3 is 5.32 Å². The molecule has 1 aliphatic carbocycles. The fourth-order valence-electron chi connectivity index (χ4n) is 3.10. The summed E-state index contributed by atoms with van der Waals surface area (Å²) in [6.45, 7) is 4.18. The second-order valence-electron chi connectivity index (χ2n) is 5.92. The highest BCUT2D eigenvalue weighted by molar-refractivity contribution is 6.06. The molecule has 2 unspecified atom stereocenters. The quantitative estimate of drug-likeness (QED) is 0.906. The zero-order valence-electron chi connectivity index (χ0n) is 12.0. The Bertz CT molecular complexity index is 650. The lowest BCUT2D eigenvalue weighted by Crippen LogP contribution is -2.33. The molecule has 2 aromatic rings. The number of rotatable bonds is 2. The highest BCUT2D eigenvalue weighted by Gasteiger charge is 2.23. The van der Waals surface area contributed by atoms with Crippen molar-refractivity contribution < 1.29 is 4.79 Å². The van der Waals surface area contributed by atoms with Gasteiger partial charge in [0.25, 0.3) is 5.91 Å². The van der Waals surface area contributed by atoms with Gasteiger partial charge in [0.15, 0.2) is 0 Å². The minimum Gasteiger partial charge on any atom is -0.349 e. The number of nitrogens with zero attached hydrogens (tertiary/aromatic N) is 1. The Morgan fingerprint density at radius 2 is 2.10 bits per heavy atom. The minimum absolute atomic E-state index is 0.0331. The number of carbonyl (C=O) groups excluding carboxylic acids is 1. The van der Waals surface area contributed by atoms with Crippen molar-refractivity contribution in [3.05, 3.63) is 41.6 Å². The first kappa shape index (κ1) is 13.1. The molecule has 0 spiro atoms. The van der Waals surface area contributed by atoms with E-state index in [1.165, 1.54) is 6.42 Å². The maximum atomic E-state index is 12.5. The molecular formula is C17H20N2O. The summed E-state index contributed by atoms with van der Waals surface area (Å²) < 4.78 is 0. The van der Waals surface area contributed by atoms with E-state index in [-0.39, 0.29) is 5.91 Å². The van der Waals surface area contributed by atoms with Gasteiger partial charge in [0.2, 0.25) is 0 Å². The Balaban J connectivity index is 1.91. The third-order valence-electron chi connectivity index (χ3n) is 4.12. The van der Waals surface area contributed by atoms with E-state index in [4.69, 9.17) is 0 Å².